The van der Waals surface area contributed by atoms with Gasteiger partial charge >= 0.3 is 5.97 Å². The lowest BCUT2D eigenvalue weighted by Gasteiger charge is -2.06. The van der Waals surface area contributed by atoms with Crippen LogP contribution in [0, 0.1) is 5.82 Å². The molecule has 1 aromatic carbocycles. The van der Waals surface area contributed by atoms with Crippen LogP contribution in [0.4, 0.5) is 4.39 Å². The van der Waals surface area contributed by atoms with Gasteiger partial charge in [-0.1, -0.05) is 12.2 Å². The van der Waals surface area contributed by atoms with Gasteiger partial charge in [0.1, 0.15) is 23.7 Å². The number of allylic oxidation sites excluding steroid dienone is 1. The molecule has 15 heavy (non-hydrogen) atoms. The van der Waals surface area contributed by atoms with E-state index in [9.17, 15) is 9.18 Å². The van der Waals surface area contributed by atoms with Crippen molar-refractivity contribution in [2.75, 3.05) is 6.61 Å². The minimum absolute atomic E-state index is 0.167. The molecule has 1 rings (SSSR count). The third kappa shape index (κ3) is 3.09. The van der Waals surface area contributed by atoms with Crippen molar-refractivity contribution in [2.24, 2.45) is 0 Å². The second-order valence-corrected chi connectivity index (χ2v) is 2.83. The zero-order chi connectivity index (χ0) is 11.3. The van der Waals surface area contributed by atoms with Crippen molar-refractivity contribution < 1.29 is 19.0 Å². The fraction of sp³-hybridized carbons (Fsp3) is 0.182. The SMILES string of the molecule is CC=CCOc1ccc(F)cc1C(=O)O. The summed E-state index contributed by atoms with van der Waals surface area (Å²) in [6.45, 7) is 2.09. The van der Waals surface area contributed by atoms with E-state index in [1.165, 1.54) is 6.07 Å². The quantitative estimate of drug-likeness (QED) is 0.776. The highest BCUT2D eigenvalue weighted by atomic mass is 19.1. The largest absolute Gasteiger partial charge is 0.489 e. The monoisotopic (exact) mass is 210 g/mol. The van der Waals surface area contributed by atoms with Crippen LogP contribution in [0.25, 0.3) is 0 Å². The van der Waals surface area contributed by atoms with Crippen molar-refractivity contribution in [3.05, 3.63) is 41.7 Å². The van der Waals surface area contributed by atoms with E-state index in [0.29, 0.717) is 0 Å². The van der Waals surface area contributed by atoms with Crippen LogP contribution in [-0.2, 0) is 0 Å². The molecule has 0 aliphatic carbocycles. The summed E-state index contributed by atoms with van der Waals surface area (Å²) in [6.07, 6.45) is 3.51. The Morgan fingerprint density at radius 2 is 2.33 bits per heavy atom. The number of benzene rings is 1. The molecule has 4 heteroatoms. The summed E-state index contributed by atoms with van der Waals surface area (Å²) in [5.74, 6) is -1.63. The number of rotatable bonds is 4. The van der Waals surface area contributed by atoms with Gasteiger partial charge < -0.3 is 9.84 Å². The summed E-state index contributed by atoms with van der Waals surface area (Å²) in [5, 5.41) is 8.78. The van der Waals surface area contributed by atoms with E-state index < -0.39 is 11.8 Å². The van der Waals surface area contributed by atoms with Crippen molar-refractivity contribution in [3.8, 4) is 5.75 Å². The lowest BCUT2D eigenvalue weighted by Crippen LogP contribution is -2.03. The molecule has 0 unspecified atom stereocenters. The van der Waals surface area contributed by atoms with Gasteiger partial charge in [0, 0.05) is 0 Å². The van der Waals surface area contributed by atoms with Crippen molar-refractivity contribution in [1.82, 2.24) is 0 Å². The highest BCUT2D eigenvalue weighted by Crippen LogP contribution is 2.19. The molecule has 0 aliphatic heterocycles. The second-order valence-electron chi connectivity index (χ2n) is 2.83. The fourth-order valence-electron chi connectivity index (χ4n) is 1.03. The molecule has 0 fully saturated rings. The molecule has 0 aromatic heterocycles. The summed E-state index contributed by atoms with van der Waals surface area (Å²) in [7, 11) is 0. The average Bonchev–Trinajstić information content (AvgIpc) is 2.20. The van der Waals surface area contributed by atoms with Gasteiger partial charge in [-0.25, -0.2) is 9.18 Å². The Hall–Kier alpha value is -1.84. The van der Waals surface area contributed by atoms with Gasteiger partial charge in [0.2, 0.25) is 0 Å². The van der Waals surface area contributed by atoms with Gasteiger partial charge in [0.25, 0.3) is 0 Å². The molecular formula is C11H11FO3. The van der Waals surface area contributed by atoms with Crippen LogP contribution in [0.1, 0.15) is 17.3 Å². The van der Waals surface area contributed by atoms with E-state index in [4.69, 9.17) is 9.84 Å². The predicted octanol–water partition coefficient (Wildman–Crippen LogP) is 2.48. The average molecular weight is 210 g/mol. The van der Waals surface area contributed by atoms with Gasteiger partial charge in [-0.05, 0) is 25.1 Å². The zero-order valence-corrected chi connectivity index (χ0v) is 8.24. The molecule has 0 heterocycles. The lowest BCUT2D eigenvalue weighted by molar-refractivity contribution is 0.0692. The Bertz CT molecular complexity index is 385. The number of carboxylic acid groups (broad SMARTS) is 1. The number of carboxylic acids is 1. The van der Waals surface area contributed by atoms with E-state index >= 15 is 0 Å². The van der Waals surface area contributed by atoms with E-state index in [-0.39, 0.29) is 17.9 Å². The molecular weight excluding hydrogens is 199 g/mol. The molecule has 3 nitrogen and oxygen atoms in total. The Morgan fingerprint density at radius 1 is 1.60 bits per heavy atom. The molecule has 0 bridgehead atoms. The topological polar surface area (TPSA) is 46.5 Å². The zero-order valence-electron chi connectivity index (χ0n) is 8.24. The first-order valence-corrected chi connectivity index (χ1v) is 4.42. The Kier molecular flexibility index (Phi) is 3.85. The molecule has 0 saturated heterocycles. The highest BCUT2D eigenvalue weighted by molar-refractivity contribution is 5.90. The summed E-state index contributed by atoms with van der Waals surface area (Å²) >= 11 is 0. The minimum atomic E-state index is -1.20. The lowest BCUT2D eigenvalue weighted by atomic mass is 10.2. The first kappa shape index (κ1) is 11.2. The summed E-state index contributed by atoms with van der Waals surface area (Å²) in [6, 6.07) is 3.41. The van der Waals surface area contributed by atoms with Crippen LogP contribution in [0.15, 0.2) is 30.4 Å². The molecule has 0 spiro atoms. The van der Waals surface area contributed by atoms with Crippen LogP contribution in [0.3, 0.4) is 0 Å². The molecule has 1 N–H and O–H groups in total. The molecule has 0 amide bonds. The molecule has 80 valence electrons. The summed E-state index contributed by atoms with van der Waals surface area (Å²) in [4.78, 5) is 10.7. The molecule has 0 saturated carbocycles. The summed E-state index contributed by atoms with van der Waals surface area (Å²) < 4.78 is 17.9. The van der Waals surface area contributed by atoms with Crippen molar-refractivity contribution in [3.63, 3.8) is 0 Å². The normalized spacial score (nSPS) is 10.5. The third-order valence-corrected chi connectivity index (χ3v) is 1.74. The van der Waals surface area contributed by atoms with E-state index in [0.717, 1.165) is 12.1 Å². The first-order chi connectivity index (χ1) is 7.15. The minimum Gasteiger partial charge on any atom is -0.489 e. The number of aromatic carboxylic acids is 1. The van der Waals surface area contributed by atoms with Crippen molar-refractivity contribution in [2.45, 2.75) is 6.92 Å². The van der Waals surface area contributed by atoms with Crippen LogP contribution in [0.2, 0.25) is 0 Å². The van der Waals surface area contributed by atoms with E-state index in [2.05, 4.69) is 0 Å². The molecule has 0 radical (unpaired) electrons. The van der Waals surface area contributed by atoms with Crippen LogP contribution in [0.5, 0.6) is 5.75 Å². The second kappa shape index (κ2) is 5.14. The molecule has 0 aliphatic rings. The molecule has 1 aromatic rings. The maximum atomic E-state index is 12.8. The fourth-order valence-corrected chi connectivity index (χ4v) is 1.03. The van der Waals surface area contributed by atoms with E-state index in [1.54, 1.807) is 12.2 Å². The Labute approximate surface area is 86.8 Å². The maximum Gasteiger partial charge on any atom is 0.339 e. The van der Waals surface area contributed by atoms with Crippen molar-refractivity contribution >= 4 is 5.97 Å². The van der Waals surface area contributed by atoms with Crippen LogP contribution >= 0.6 is 0 Å². The highest BCUT2D eigenvalue weighted by Gasteiger charge is 2.11. The number of halogens is 1. The predicted molar refractivity (Wildman–Crippen MR) is 53.7 cm³/mol. The number of hydrogen-bond acceptors (Lipinski definition) is 2. The smallest absolute Gasteiger partial charge is 0.339 e. The Balaban J connectivity index is 2.90. The van der Waals surface area contributed by atoms with Crippen molar-refractivity contribution in [1.29, 1.82) is 0 Å². The number of hydrogen-bond donors (Lipinski definition) is 1. The standard InChI is InChI=1S/C11H11FO3/c1-2-3-6-15-10-5-4-8(12)7-9(10)11(13)14/h2-5,7H,6H2,1H3,(H,13,14). The van der Waals surface area contributed by atoms with Crippen LogP contribution < -0.4 is 4.74 Å². The van der Waals surface area contributed by atoms with Crippen LogP contribution in [-0.4, -0.2) is 17.7 Å². The molecule has 0 atom stereocenters. The van der Waals surface area contributed by atoms with Gasteiger partial charge in [-0.15, -0.1) is 0 Å². The van der Waals surface area contributed by atoms with Gasteiger partial charge in [-0.2, -0.15) is 0 Å². The maximum absolute atomic E-state index is 12.8. The number of ether oxygens (including phenoxy) is 1. The van der Waals surface area contributed by atoms with E-state index in [1.807, 2.05) is 6.92 Å². The third-order valence-electron chi connectivity index (χ3n) is 1.74. The Morgan fingerprint density at radius 3 is 2.93 bits per heavy atom. The van der Waals surface area contributed by atoms with Gasteiger partial charge in [0.15, 0.2) is 0 Å². The summed E-state index contributed by atoms with van der Waals surface area (Å²) in [5.41, 5.74) is -0.167. The number of carbonyl (C=O) groups is 1. The van der Waals surface area contributed by atoms with Gasteiger partial charge in [0.05, 0.1) is 0 Å². The first-order valence-electron chi connectivity index (χ1n) is 4.42. The van der Waals surface area contributed by atoms with Gasteiger partial charge in [-0.3, -0.25) is 0 Å².